The molecule has 1 aromatic rings. The Morgan fingerprint density at radius 2 is 1.65 bits per heavy atom. The first kappa shape index (κ1) is 23.2. The Labute approximate surface area is 198 Å². The van der Waals surface area contributed by atoms with Crippen LogP contribution < -0.4 is 0 Å². The molecule has 0 aromatic heterocycles. The fourth-order valence-corrected chi connectivity index (χ4v) is 5.57. The highest BCUT2D eigenvalue weighted by Crippen LogP contribution is 2.37. The number of hydrogen-bond acceptors (Lipinski definition) is 6. The van der Waals surface area contributed by atoms with Crippen LogP contribution in [0.4, 0.5) is 8.78 Å². The highest BCUT2D eigenvalue weighted by Gasteiger charge is 2.36. The van der Waals surface area contributed by atoms with E-state index in [1.165, 1.54) is 0 Å². The number of rotatable bonds is 6. The van der Waals surface area contributed by atoms with Gasteiger partial charge in [-0.15, -0.1) is 0 Å². The average Bonchev–Trinajstić information content (AvgIpc) is 3.39. The lowest BCUT2D eigenvalue weighted by atomic mass is 9.82. The molecule has 0 bridgehead atoms. The van der Waals surface area contributed by atoms with Gasteiger partial charge in [0.15, 0.2) is 0 Å². The van der Waals surface area contributed by atoms with E-state index in [1.54, 1.807) is 12.1 Å². The number of hydrogen-bond donors (Lipinski definition) is 0. The van der Waals surface area contributed by atoms with Crippen molar-refractivity contribution in [1.29, 1.82) is 0 Å². The first-order valence-corrected chi connectivity index (χ1v) is 11.9. The summed E-state index contributed by atoms with van der Waals surface area (Å²) in [4.78, 5) is 27.7. The molecule has 2 saturated heterocycles. The molecule has 3 aliphatic heterocycles. The summed E-state index contributed by atoms with van der Waals surface area (Å²) < 4.78 is 40.6. The lowest BCUT2D eigenvalue weighted by molar-refractivity contribution is -0.135. The molecular weight excluding hydrogens is 442 g/mol. The molecule has 0 saturated carbocycles. The Morgan fingerprint density at radius 1 is 0.971 bits per heavy atom. The van der Waals surface area contributed by atoms with Crippen LogP contribution in [0.25, 0.3) is 0 Å². The second-order valence-electron chi connectivity index (χ2n) is 9.66. The van der Waals surface area contributed by atoms with Crippen molar-refractivity contribution in [3.8, 4) is 0 Å². The van der Waals surface area contributed by atoms with Crippen molar-refractivity contribution in [2.75, 3.05) is 45.9 Å². The first-order valence-electron chi connectivity index (χ1n) is 11.9. The van der Waals surface area contributed by atoms with E-state index in [0.29, 0.717) is 55.8 Å². The number of alkyl halides is 2. The normalized spacial score (nSPS) is 24.9. The van der Waals surface area contributed by atoms with Gasteiger partial charge in [-0.25, -0.2) is 18.4 Å². The van der Waals surface area contributed by atoms with E-state index in [1.807, 2.05) is 19.9 Å². The minimum absolute atomic E-state index is 0.210. The molecular formula is C26H30F2N2O4. The molecule has 0 spiro atoms. The van der Waals surface area contributed by atoms with E-state index in [2.05, 4.69) is 9.80 Å². The molecule has 3 heterocycles. The average molecular weight is 473 g/mol. The van der Waals surface area contributed by atoms with Crippen LogP contribution in [0.1, 0.15) is 46.6 Å². The first-order chi connectivity index (χ1) is 16.3. The van der Waals surface area contributed by atoms with Crippen LogP contribution in [0.3, 0.4) is 0 Å². The van der Waals surface area contributed by atoms with Gasteiger partial charge in [-0.3, -0.25) is 9.80 Å². The van der Waals surface area contributed by atoms with Gasteiger partial charge >= 0.3 is 11.9 Å². The minimum Gasteiger partial charge on any atom is -0.457 e. The Bertz CT molecular complexity index is 1070. The maximum atomic E-state index is 15.2. The third kappa shape index (κ3) is 4.18. The van der Waals surface area contributed by atoms with Crippen molar-refractivity contribution < 1.29 is 27.8 Å². The van der Waals surface area contributed by atoms with E-state index in [4.69, 9.17) is 9.47 Å². The monoisotopic (exact) mass is 472 g/mol. The van der Waals surface area contributed by atoms with Crippen LogP contribution >= 0.6 is 0 Å². The van der Waals surface area contributed by atoms with Crippen molar-refractivity contribution in [1.82, 2.24) is 9.80 Å². The minimum atomic E-state index is -1.16. The maximum Gasteiger partial charge on any atom is 0.338 e. The molecule has 3 atom stereocenters. The molecule has 6 nitrogen and oxygen atoms in total. The van der Waals surface area contributed by atoms with Crippen LogP contribution in [0.2, 0.25) is 0 Å². The van der Waals surface area contributed by atoms with Crippen LogP contribution in [-0.4, -0.2) is 73.8 Å². The molecule has 8 heteroatoms. The third-order valence-corrected chi connectivity index (χ3v) is 7.80. The molecule has 0 N–H and O–H groups in total. The largest absolute Gasteiger partial charge is 0.457 e. The van der Waals surface area contributed by atoms with E-state index in [-0.39, 0.29) is 37.6 Å². The zero-order chi connectivity index (χ0) is 24.0. The number of nitrogens with zero attached hydrogens (tertiary/aromatic N) is 2. The number of esters is 2. The van der Waals surface area contributed by atoms with E-state index >= 15 is 8.78 Å². The lowest BCUT2D eigenvalue weighted by Gasteiger charge is -2.37. The number of halogens is 2. The quantitative estimate of drug-likeness (QED) is 0.592. The zero-order valence-electron chi connectivity index (χ0n) is 19.6. The SMILES string of the molecule is CC1=C2COC(=O)C2=CCC1C(F)CN1CCN(CC(F)c2ccc3c(c2C)COC3=O)CC1. The number of ether oxygens (including phenoxy) is 2. The van der Waals surface area contributed by atoms with Gasteiger partial charge < -0.3 is 9.47 Å². The van der Waals surface area contributed by atoms with Gasteiger partial charge in [-0.05, 0) is 37.5 Å². The van der Waals surface area contributed by atoms with Gasteiger partial charge in [0.05, 0.1) is 11.1 Å². The van der Waals surface area contributed by atoms with Gasteiger partial charge in [0, 0.05) is 56.3 Å². The summed E-state index contributed by atoms with van der Waals surface area (Å²) in [6.07, 6.45) is 0.147. The number of benzene rings is 1. The molecule has 34 heavy (non-hydrogen) atoms. The van der Waals surface area contributed by atoms with Crippen molar-refractivity contribution >= 4 is 11.9 Å². The van der Waals surface area contributed by atoms with Gasteiger partial charge in [-0.2, -0.15) is 0 Å². The molecule has 0 amide bonds. The van der Waals surface area contributed by atoms with E-state index in [9.17, 15) is 9.59 Å². The summed E-state index contributed by atoms with van der Waals surface area (Å²) in [7, 11) is 0. The van der Waals surface area contributed by atoms with Gasteiger partial charge in [0.25, 0.3) is 0 Å². The summed E-state index contributed by atoms with van der Waals surface area (Å²) in [6, 6.07) is 3.35. The number of allylic oxidation sites excluding steroid dienone is 2. The Morgan fingerprint density at radius 3 is 2.38 bits per heavy atom. The summed E-state index contributed by atoms with van der Waals surface area (Å²) >= 11 is 0. The predicted molar refractivity (Wildman–Crippen MR) is 122 cm³/mol. The standard InChI is InChI=1S/C26H30F2N2O4/c1-15-17(3-5-19-21(15)13-33-25(19)31)23(27)11-29-7-9-30(10-8-29)12-24(28)18-4-6-20-22(16(18)2)14-34-26(20)32/h3,5-6,18,23-24H,4,7-14H2,1-2H3. The Balaban J connectivity index is 1.13. The van der Waals surface area contributed by atoms with E-state index in [0.717, 1.165) is 22.3 Å². The number of fused-ring (bicyclic) bond motifs is 2. The molecule has 1 aromatic carbocycles. The highest BCUT2D eigenvalue weighted by molar-refractivity contribution is 5.97. The van der Waals surface area contributed by atoms with Gasteiger partial charge in [0.2, 0.25) is 0 Å². The Kier molecular flexibility index (Phi) is 6.29. The number of piperazine rings is 1. The molecule has 182 valence electrons. The van der Waals surface area contributed by atoms with Crippen molar-refractivity contribution in [3.63, 3.8) is 0 Å². The molecule has 2 fully saturated rings. The van der Waals surface area contributed by atoms with Crippen molar-refractivity contribution in [2.45, 2.75) is 39.2 Å². The fraction of sp³-hybridized carbons (Fsp3) is 0.538. The highest BCUT2D eigenvalue weighted by atomic mass is 19.1. The van der Waals surface area contributed by atoms with Crippen LogP contribution in [0.15, 0.2) is 34.9 Å². The second kappa shape index (κ2) is 9.23. The smallest absolute Gasteiger partial charge is 0.338 e. The number of cyclic esters (lactones) is 2. The molecule has 0 radical (unpaired) electrons. The maximum absolute atomic E-state index is 15.2. The summed E-state index contributed by atoms with van der Waals surface area (Å²) in [5.74, 6) is -0.883. The second-order valence-corrected chi connectivity index (χ2v) is 9.66. The zero-order valence-corrected chi connectivity index (χ0v) is 19.6. The summed E-state index contributed by atoms with van der Waals surface area (Å²) in [6.45, 7) is 7.53. The lowest BCUT2D eigenvalue weighted by Crippen LogP contribution is -2.49. The topological polar surface area (TPSA) is 59.1 Å². The molecule has 4 aliphatic rings. The molecule has 1 aliphatic carbocycles. The fourth-order valence-electron chi connectivity index (χ4n) is 5.57. The summed E-state index contributed by atoms with van der Waals surface area (Å²) in [5, 5.41) is 0. The van der Waals surface area contributed by atoms with Crippen LogP contribution in [0, 0.1) is 12.8 Å². The number of carbonyl (C=O) groups excluding carboxylic acids is 2. The van der Waals surface area contributed by atoms with Crippen LogP contribution in [-0.2, 0) is 20.9 Å². The molecule has 3 unspecified atom stereocenters. The third-order valence-electron chi connectivity index (χ3n) is 7.80. The van der Waals surface area contributed by atoms with Gasteiger partial charge in [-0.1, -0.05) is 17.7 Å². The Hall–Kier alpha value is -2.58. The van der Waals surface area contributed by atoms with Crippen LogP contribution in [0.5, 0.6) is 0 Å². The predicted octanol–water partition coefficient (Wildman–Crippen LogP) is 3.45. The number of carbonyl (C=O) groups is 2. The van der Waals surface area contributed by atoms with E-state index < -0.39 is 12.3 Å². The van der Waals surface area contributed by atoms with Gasteiger partial charge in [0.1, 0.15) is 25.6 Å². The summed E-state index contributed by atoms with van der Waals surface area (Å²) in [5.41, 5.74) is 5.09. The molecule has 5 rings (SSSR count). The van der Waals surface area contributed by atoms with Crippen molar-refractivity contribution in [2.24, 2.45) is 5.92 Å². The van der Waals surface area contributed by atoms with Crippen molar-refractivity contribution in [3.05, 3.63) is 57.2 Å².